The van der Waals surface area contributed by atoms with E-state index >= 15 is 0 Å². The van der Waals surface area contributed by atoms with E-state index in [-0.39, 0.29) is 28.4 Å². The van der Waals surface area contributed by atoms with Crippen LogP contribution in [0.3, 0.4) is 0 Å². The van der Waals surface area contributed by atoms with Crippen molar-refractivity contribution in [3.05, 3.63) is 179 Å². The molecule has 5 heterocycles. The fraction of sp³-hybridized carbons (Fsp3) is 0.254. The van der Waals surface area contributed by atoms with Crippen molar-refractivity contribution in [3.63, 3.8) is 0 Å². The Balaban J connectivity index is 1.18. The number of nitrogens with zero attached hydrogens (tertiary/aromatic N) is 3. The summed E-state index contributed by atoms with van der Waals surface area (Å²) in [4.78, 5) is 5.43. The van der Waals surface area contributed by atoms with Gasteiger partial charge in [-0.2, -0.15) is 0 Å². The summed E-state index contributed by atoms with van der Waals surface area (Å²) in [6.07, 6.45) is 2.35. The Labute approximate surface area is 429 Å². The second kappa shape index (κ2) is 14.7. The van der Waals surface area contributed by atoms with Gasteiger partial charge in [0.05, 0.1) is 33.6 Å². The highest BCUT2D eigenvalue weighted by Crippen LogP contribution is 2.55. The molecule has 0 amide bonds. The van der Waals surface area contributed by atoms with Gasteiger partial charge >= 0.3 is 0 Å². The standard InChI is InChI=1S/C67H62BN3S/c1-39-33-55-59-56(34-39)71(54-29-25-41(64(2,3)4)35-46(54)40-19-13-12-14-20-40)62-51(38-47-44-21-15-17-23-52(44)70-53-24-18-16-22-45(53)58(62)60(47)70)68(59)63-61(48-36-42(65(5,6)7)26-30-57(48)72-63)69(55)43-27-28-49-50(37-43)67(10,11)32-31-66(49,8)9/h12-30,33-38H,31-32H2,1-11H3. The number of hydrogen-bond donors (Lipinski definition) is 0. The van der Waals surface area contributed by atoms with E-state index < -0.39 is 0 Å². The normalized spacial score (nSPS) is 16.0. The Kier molecular flexibility index (Phi) is 8.95. The third kappa shape index (κ3) is 6.04. The molecule has 3 aromatic heterocycles. The number of thiophene rings is 1. The molecule has 11 aromatic rings. The van der Waals surface area contributed by atoms with Crippen molar-refractivity contribution in [1.82, 2.24) is 4.40 Å². The minimum absolute atomic E-state index is 0.0140. The lowest BCUT2D eigenvalue weighted by Crippen LogP contribution is -2.60. The van der Waals surface area contributed by atoms with Gasteiger partial charge in [0.1, 0.15) is 0 Å². The molecule has 72 heavy (non-hydrogen) atoms. The molecule has 354 valence electrons. The van der Waals surface area contributed by atoms with Crippen LogP contribution in [0.2, 0.25) is 0 Å². The lowest BCUT2D eigenvalue weighted by molar-refractivity contribution is 0.332. The van der Waals surface area contributed by atoms with Gasteiger partial charge in [-0.1, -0.05) is 160 Å². The van der Waals surface area contributed by atoms with Crippen LogP contribution in [-0.4, -0.2) is 11.1 Å². The van der Waals surface area contributed by atoms with E-state index in [1.807, 2.05) is 11.3 Å². The molecule has 2 aliphatic heterocycles. The average Bonchev–Trinajstić information content (AvgIpc) is 4.02. The van der Waals surface area contributed by atoms with Crippen LogP contribution in [0.25, 0.3) is 59.3 Å². The second-order valence-electron chi connectivity index (χ2n) is 24.9. The topological polar surface area (TPSA) is 10.9 Å². The Morgan fingerprint density at radius 1 is 0.528 bits per heavy atom. The monoisotopic (exact) mass is 951 g/mol. The molecule has 0 N–H and O–H groups in total. The Morgan fingerprint density at radius 3 is 1.88 bits per heavy atom. The maximum atomic E-state index is 2.72. The zero-order chi connectivity index (χ0) is 49.5. The highest BCUT2D eigenvalue weighted by molar-refractivity contribution is 7.33. The number of fused-ring (bicyclic) bond motifs is 14. The molecule has 1 aliphatic carbocycles. The van der Waals surface area contributed by atoms with Crippen molar-refractivity contribution in [2.75, 3.05) is 9.80 Å². The summed E-state index contributed by atoms with van der Waals surface area (Å²) in [6.45, 7) is 26.2. The first kappa shape index (κ1) is 43.9. The minimum atomic E-state index is -0.0425. The number of hydrogen-bond acceptors (Lipinski definition) is 3. The Morgan fingerprint density at radius 2 is 1.15 bits per heavy atom. The zero-order valence-corrected chi connectivity index (χ0v) is 44.5. The van der Waals surface area contributed by atoms with Crippen molar-refractivity contribution in [1.29, 1.82) is 0 Å². The number of aromatic nitrogens is 1. The van der Waals surface area contributed by atoms with Crippen LogP contribution in [0.4, 0.5) is 34.1 Å². The van der Waals surface area contributed by atoms with Gasteiger partial charge in [-0.25, -0.2) is 0 Å². The molecule has 0 fully saturated rings. The quantitative estimate of drug-likeness (QED) is 0.163. The third-order valence-corrected chi connectivity index (χ3v) is 18.5. The Hall–Kier alpha value is -6.82. The molecule has 0 spiro atoms. The van der Waals surface area contributed by atoms with Crippen LogP contribution in [0.1, 0.15) is 110 Å². The summed E-state index contributed by atoms with van der Waals surface area (Å²) in [5.74, 6) is 0. The SMILES string of the molecule is Cc1cc2c3c(c1)N(c1ccc(C(C)(C)C)cc1-c1ccccc1)c1c(cc4c5ccccc5n5c6ccccc6c1c45)B3c1sc3ccc(C(C)(C)C)cc3c1N2c1ccc2c(c1)C(C)(C)CCC2(C)C. The van der Waals surface area contributed by atoms with Gasteiger partial charge in [0, 0.05) is 59.0 Å². The molecule has 0 bridgehead atoms. The maximum Gasteiger partial charge on any atom is 0.264 e. The first-order chi connectivity index (χ1) is 34.4. The molecule has 3 aliphatic rings. The van der Waals surface area contributed by atoms with E-state index in [9.17, 15) is 0 Å². The van der Waals surface area contributed by atoms with E-state index in [0.717, 1.165) is 0 Å². The molecule has 0 atom stereocenters. The summed E-state index contributed by atoms with van der Waals surface area (Å²) >= 11 is 2.01. The molecule has 0 saturated heterocycles. The highest BCUT2D eigenvalue weighted by atomic mass is 32.1. The molecule has 0 unspecified atom stereocenters. The smallest absolute Gasteiger partial charge is 0.264 e. The molecule has 14 rings (SSSR count). The maximum absolute atomic E-state index is 2.72. The van der Waals surface area contributed by atoms with Gasteiger partial charge in [-0.05, 0) is 146 Å². The van der Waals surface area contributed by atoms with Gasteiger partial charge in [0.25, 0.3) is 6.71 Å². The molecule has 8 aromatic carbocycles. The van der Waals surface area contributed by atoms with E-state index in [0.29, 0.717) is 0 Å². The predicted molar refractivity (Wildman–Crippen MR) is 313 cm³/mol. The first-order valence-electron chi connectivity index (χ1n) is 26.3. The highest BCUT2D eigenvalue weighted by Gasteiger charge is 2.48. The predicted octanol–water partition coefficient (Wildman–Crippen LogP) is 17.1. The zero-order valence-electron chi connectivity index (χ0n) is 43.7. The van der Waals surface area contributed by atoms with Crippen molar-refractivity contribution in [3.8, 4) is 11.1 Å². The lowest BCUT2D eigenvalue weighted by atomic mass is 9.36. The molecule has 0 saturated carbocycles. The first-order valence-corrected chi connectivity index (χ1v) is 27.1. The van der Waals surface area contributed by atoms with Crippen LogP contribution in [0.15, 0.2) is 152 Å². The third-order valence-electron chi connectivity index (χ3n) is 17.3. The van der Waals surface area contributed by atoms with Crippen molar-refractivity contribution in [2.24, 2.45) is 0 Å². The van der Waals surface area contributed by atoms with E-state index in [1.165, 1.54) is 150 Å². The molecule has 5 heteroatoms. The van der Waals surface area contributed by atoms with Gasteiger partial charge in [-0.3, -0.25) is 0 Å². The average molecular weight is 952 g/mol. The summed E-state index contributed by atoms with van der Waals surface area (Å²) < 4.78 is 5.32. The van der Waals surface area contributed by atoms with E-state index in [1.54, 1.807) is 0 Å². The lowest BCUT2D eigenvalue weighted by Gasteiger charge is -2.45. The summed E-state index contributed by atoms with van der Waals surface area (Å²) in [5.41, 5.74) is 23.6. The van der Waals surface area contributed by atoms with Crippen LogP contribution in [-0.2, 0) is 21.7 Å². The fourth-order valence-corrected chi connectivity index (χ4v) is 14.7. The summed E-state index contributed by atoms with van der Waals surface area (Å²) in [5, 5.41) is 6.57. The van der Waals surface area contributed by atoms with Gasteiger partial charge in [-0.15, -0.1) is 11.3 Å². The number of para-hydroxylation sites is 2. The minimum Gasteiger partial charge on any atom is -0.310 e. The van der Waals surface area contributed by atoms with Gasteiger partial charge in [0.2, 0.25) is 0 Å². The number of anilines is 6. The van der Waals surface area contributed by atoms with Crippen LogP contribution >= 0.6 is 11.3 Å². The number of benzene rings is 8. The van der Waals surface area contributed by atoms with Crippen LogP contribution in [0, 0.1) is 6.92 Å². The van der Waals surface area contributed by atoms with Gasteiger partial charge < -0.3 is 14.2 Å². The molecule has 3 nitrogen and oxygen atoms in total. The second-order valence-corrected chi connectivity index (χ2v) is 26.0. The largest absolute Gasteiger partial charge is 0.310 e. The van der Waals surface area contributed by atoms with E-state index in [2.05, 4.69) is 242 Å². The number of aryl methyl sites for hydroxylation is 1. The number of rotatable bonds is 3. The molecule has 0 radical (unpaired) electrons. The Bertz CT molecular complexity index is 4100. The van der Waals surface area contributed by atoms with Crippen LogP contribution < -0.4 is 25.5 Å². The molecular weight excluding hydrogens is 890 g/mol. The molecular formula is C67H62BN3S. The van der Waals surface area contributed by atoms with Crippen molar-refractivity contribution >= 4 is 116 Å². The summed E-state index contributed by atoms with van der Waals surface area (Å²) in [7, 11) is 0. The fourth-order valence-electron chi connectivity index (χ4n) is 13.4. The van der Waals surface area contributed by atoms with Gasteiger partial charge in [0.15, 0.2) is 0 Å². The van der Waals surface area contributed by atoms with Crippen LogP contribution in [0.5, 0.6) is 0 Å². The summed E-state index contributed by atoms with van der Waals surface area (Å²) in [6, 6.07) is 59.3. The van der Waals surface area contributed by atoms with Crippen molar-refractivity contribution in [2.45, 2.75) is 111 Å². The van der Waals surface area contributed by atoms with E-state index in [4.69, 9.17) is 0 Å². The van der Waals surface area contributed by atoms with Crippen molar-refractivity contribution < 1.29 is 0 Å².